The van der Waals surface area contributed by atoms with Gasteiger partial charge in [0, 0.05) is 24.7 Å². The summed E-state index contributed by atoms with van der Waals surface area (Å²) in [7, 11) is 3.19. The molecule has 1 fully saturated rings. The Kier molecular flexibility index (Phi) is 4.84. The fourth-order valence-corrected chi connectivity index (χ4v) is 2.60. The van der Waals surface area contributed by atoms with Gasteiger partial charge in [0.25, 0.3) is 0 Å². The predicted molar refractivity (Wildman–Crippen MR) is 77.0 cm³/mol. The standard InChI is InChI=1S/C15H22N2O3/c1-19-13-6-3-7-14(20-2)12(13)9-15(18)17-8-4-5-11(16)10-17/h3,6-7,11H,4-5,8-10,16H2,1-2H3. The Morgan fingerprint density at radius 1 is 1.35 bits per heavy atom. The van der Waals surface area contributed by atoms with Crippen molar-refractivity contribution in [3.8, 4) is 11.5 Å². The van der Waals surface area contributed by atoms with E-state index in [9.17, 15) is 4.79 Å². The molecule has 1 atom stereocenters. The van der Waals surface area contributed by atoms with Crippen molar-refractivity contribution in [2.24, 2.45) is 5.73 Å². The predicted octanol–water partition coefficient (Wildman–Crippen LogP) is 1.20. The first kappa shape index (κ1) is 14.7. The monoisotopic (exact) mass is 278 g/mol. The molecule has 2 N–H and O–H groups in total. The normalized spacial score (nSPS) is 18.8. The van der Waals surface area contributed by atoms with Gasteiger partial charge < -0.3 is 20.1 Å². The third-order valence-electron chi connectivity index (χ3n) is 3.67. The maximum atomic E-state index is 12.4. The van der Waals surface area contributed by atoms with Crippen LogP contribution in [0.4, 0.5) is 0 Å². The van der Waals surface area contributed by atoms with E-state index in [1.807, 2.05) is 23.1 Å². The van der Waals surface area contributed by atoms with Crippen molar-refractivity contribution >= 4 is 5.91 Å². The molecule has 5 heteroatoms. The fourth-order valence-electron chi connectivity index (χ4n) is 2.60. The summed E-state index contributed by atoms with van der Waals surface area (Å²) in [6, 6.07) is 5.62. The topological polar surface area (TPSA) is 64.8 Å². The van der Waals surface area contributed by atoms with Crippen LogP contribution in [0, 0.1) is 0 Å². The van der Waals surface area contributed by atoms with Gasteiger partial charge in [0.05, 0.1) is 20.6 Å². The molecule has 1 saturated heterocycles. The van der Waals surface area contributed by atoms with Crippen LogP contribution >= 0.6 is 0 Å². The highest BCUT2D eigenvalue weighted by atomic mass is 16.5. The van der Waals surface area contributed by atoms with Crippen LogP contribution in [0.1, 0.15) is 18.4 Å². The second kappa shape index (κ2) is 6.61. The molecule has 2 rings (SSSR count). The first-order valence-electron chi connectivity index (χ1n) is 6.89. The molecule has 1 unspecified atom stereocenters. The van der Waals surface area contributed by atoms with Crippen LogP contribution in [-0.4, -0.2) is 44.2 Å². The van der Waals surface area contributed by atoms with E-state index in [1.165, 1.54) is 0 Å². The smallest absolute Gasteiger partial charge is 0.227 e. The van der Waals surface area contributed by atoms with Crippen LogP contribution in [0.5, 0.6) is 11.5 Å². The average Bonchev–Trinajstić information content (AvgIpc) is 2.47. The van der Waals surface area contributed by atoms with E-state index in [-0.39, 0.29) is 18.4 Å². The van der Waals surface area contributed by atoms with Gasteiger partial charge in [-0.2, -0.15) is 0 Å². The lowest BCUT2D eigenvalue weighted by molar-refractivity contribution is -0.131. The molecule has 0 bridgehead atoms. The zero-order chi connectivity index (χ0) is 14.5. The summed E-state index contributed by atoms with van der Waals surface area (Å²) in [6.45, 7) is 1.42. The van der Waals surface area contributed by atoms with Gasteiger partial charge in [-0.15, -0.1) is 0 Å². The summed E-state index contributed by atoms with van der Waals surface area (Å²) in [5.41, 5.74) is 6.72. The number of amides is 1. The molecule has 0 saturated carbocycles. The third-order valence-corrected chi connectivity index (χ3v) is 3.67. The summed E-state index contributed by atoms with van der Waals surface area (Å²) in [5, 5.41) is 0. The summed E-state index contributed by atoms with van der Waals surface area (Å²) in [5.74, 6) is 1.43. The molecule has 0 aromatic heterocycles. The first-order chi connectivity index (χ1) is 9.65. The molecule has 1 aliphatic rings. The summed E-state index contributed by atoms with van der Waals surface area (Å²) >= 11 is 0. The van der Waals surface area contributed by atoms with Gasteiger partial charge in [0.2, 0.25) is 5.91 Å². The Labute approximate surface area is 119 Å². The minimum Gasteiger partial charge on any atom is -0.496 e. The number of carbonyl (C=O) groups excluding carboxylic acids is 1. The number of piperidine rings is 1. The summed E-state index contributed by atoms with van der Waals surface area (Å²) in [6.07, 6.45) is 2.23. The number of hydrogen-bond acceptors (Lipinski definition) is 4. The number of ether oxygens (including phenoxy) is 2. The first-order valence-corrected chi connectivity index (χ1v) is 6.89. The number of nitrogens with zero attached hydrogens (tertiary/aromatic N) is 1. The minimum absolute atomic E-state index is 0.0722. The maximum absolute atomic E-state index is 12.4. The highest BCUT2D eigenvalue weighted by molar-refractivity contribution is 5.80. The van der Waals surface area contributed by atoms with E-state index in [4.69, 9.17) is 15.2 Å². The molecule has 1 amide bonds. The minimum atomic E-state index is 0.0722. The number of methoxy groups -OCH3 is 2. The van der Waals surface area contributed by atoms with Crippen molar-refractivity contribution in [2.45, 2.75) is 25.3 Å². The van der Waals surface area contributed by atoms with Gasteiger partial charge in [-0.25, -0.2) is 0 Å². The van der Waals surface area contributed by atoms with E-state index in [2.05, 4.69) is 0 Å². The number of nitrogens with two attached hydrogens (primary N) is 1. The van der Waals surface area contributed by atoms with Crippen LogP contribution in [0.25, 0.3) is 0 Å². The van der Waals surface area contributed by atoms with Gasteiger partial charge in [-0.1, -0.05) is 6.07 Å². The lowest BCUT2D eigenvalue weighted by Crippen LogP contribution is -2.46. The quantitative estimate of drug-likeness (QED) is 0.898. The van der Waals surface area contributed by atoms with Crippen molar-refractivity contribution in [3.05, 3.63) is 23.8 Å². The summed E-state index contributed by atoms with van der Waals surface area (Å²) < 4.78 is 10.6. The second-order valence-electron chi connectivity index (χ2n) is 5.06. The molecule has 1 aromatic rings. The van der Waals surface area contributed by atoms with Gasteiger partial charge in [0.1, 0.15) is 11.5 Å². The van der Waals surface area contributed by atoms with E-state index in [0.717, 1.165) is 24.9 Å². The second-order valence-corrected chi connectivity index (χ2v) is 5.06. The fraction of sp³-hybridized carbons (Fsp3) is 0.533. The number of likely N-dealkylation sites (tertiary alicyclic amines) is 1. The molecule has 1 aliphatic heterocycles. The third kappa shape index (κ3) is 3.22. The maximum Gasteiger partial charge on any atom is 0.227 e. The van der Waals surface area contributed by atoms with Crippen LogP contribution in [0.3, 0.4) is 0 Å². The van der Waals surface area contributed by atoms with Crippen LogP contribution < -0.4 is 15.2 Å². The SMILES string of the molecule is COc1cccc(OC)c1CC(=O)N1CCCC(N)C1. The van der Waals surface area contributed by atoms with Gasteiger partial charge in [-0.3, -0.25) is 4.79 Å². The van der Waals surface area contributed by atoms with Crippen LogP contribution in [-0.2, 0) is 11.2 Å². The average molecular weight is 278 g/mol. The van der Waals surface area contributed by atoms with Crippen LogP contribution in [0.15, 0.2) is 18.2 Å². The number of rotatable bonds is 4. The van der Waals surface area contributed by atoms with Crippen molar-refractivity contribution < 1.29 is 14.3 Å². The molecule has 1 heterocycles. The Balaban J connectivity index is 2.14. The number of hydrogen-bond donors (Lipinski definition) is 1. The Hall–Kier alpha value is -1.75. The molecule has 0 radical (unpaired) electrons. The van der Waals surface area contributed by atoms with Crippen molar-refractivity contribution in [1.82, 2.24) is 4.90 Å². The highest BCUT2D eigenvalue weighted by Crippen LogP contribution is 2.29. The number of benzene rings is 1. The van der Waals surface area contributed by atoms with Gasteiger partial charge in [-0.05, 0) is 25.0 Å². The summed E-state index contributed by atoms with van der Waals surface area (Å²) in [4.78, 5) is 14.2. The zero-order valence-corrected chi connectivity index (χ0v) is 12.1. The lowest BCUT2D eigenvalue weighted by Gasteiger charge is -2.31. The largest absolute Gasteiger partial charge is 0.496 e. The molecule has 0 aliphatic carbocycles. The molecular formula is C15H22N2O3. The molecule has 110 valence electrons. The van der Waals surface area contributed by atoms with Crippen LogP contribution in [0.2, 0.25) is 0 Å². The van der Waals surface area contributed by atoms with Crippen molar-refractivity contribution in [1.29, 1.82) is 0 Å². The zero-order valence-electron chi connectivity index (χ0n) is 12.1. The molecule has 1 aromatic carbocycles. The van der Waals surface area contributed by atoms with E-state index >= 15 is 0 Å². The van der Waals surface area contributed by atoms with Gasteiger partial charge >= 0.3 is 0 Å². The highest BCUT2D eigenvalue weighted by Gasteiger charge is 2.23. The Bertz CT molecular complexity index is 454. The van der Waals surface area contributed by atoms with E-state index in [1.54, 1.807) is 14.2 Å². The molecule has 0 spiro atoms. The number of carbonyl (C=O) groups is 1. The van der Waals surface area contributed by atoms with E-state index < -0.39 is 0 Å². The van der Waals surface area contributed by atoms with Crippen molar-refractivity contribution in [3.63, 3.8) is 0 Å². The Morgan fingerprint density at radius 2 is 2.00 bits per heavy atom. The molecule has 20 heavy (non-hydrogen) atoms. The molecule has 5 nitrogen and oxygen atoms in total. The lowest BCUT2D eigenvalue weighted by atomic mass is 10.0. The van der Waals surface area contributed by atoms with E-state index in [0.29, 0.717) is 18.0 Å². The van der Waals surface area contributed by atoms with Crippen molar-refractivity contribution in [2.75, 3.05) is 27.3 Å². The Morgan fingerprint density at radius 3 is 2.55 bits per heavy atom. The van der Waals surface area contributed by atoms with Gasteiger partial charge in [0.15, 0.2) is 0 Å². The molecular weight excluding hydrogens is 256 g/mol.